The number of carbonyl (C=O) groups excluding carboxylic acids is 2. The lowest BCUT2D eigenvalue weighted by Gasteiger charge is -2.39. The summed E-state index contributed by atoms with van der Waals surface area (Å²) in [6, 6.07) is -0.417. The summed E-state index contributed by atoms with van der Waals surface area (Å²) in [7, 11) is 0. The number of alkyl halides is 2. The Balaban J connectivity index is 1.68. The van der Waals surface area contributed by atoms with Gasteiger partial charge in [-0.3, -0.25) is 4.79 Å². The minimum absolute atomic E-state index is 0.0996. The lowest BCUT2D eigenvalue weighted by atomic mass is 9.80. The third kappa shape index (κ3) is 3.66. The van der Waals surface area contributed by atoms with Gasteiger partial charge in [0.2, 0.25) is 12.3 Å². The number of hydrogen-bond donors (Lipinski definition) is 1. The van der Waals surface area contributed by atoms with E-state index < -0.39 is 23.9 Å². The quantitative estimate of drug-likeness (QED) is 0.824. The largest absolute Gasteiger partial charge is 0.444 e. The van der Waals surface area contributed by atoms with Crippen molar-refractivity contribution in [3.8, 4) is 0 Å². The molecule has 0 aromatic rings. The summed E-state index contributed by atoms with van der Waals surface area (Å²) in [5.74, 6) is -0.206. The smallest absolute Gasteiger partial charge is 0.410 e. The van der Waals surface area contributed by atoms with E-state index in [1.54, 1.807) is 9.80 Å². The molecule has 3 rings (SSSR count). The van der Waals surface area contributed by atoms with Gasteiger partial charge in [0.25, 0.3) is 0 Å². The van der Waals surface area contributed by atoms with Gasteiger partial charge in [0, 0.05) is 25.6 Å². The Morgan fingerprint density at radius 3 is 2.31 bits per heavy atom. The van der Waals surface area contributed by atoms with E-state index >= 15 is 0 Å². The van der Waals surface area contributed by atoms with E-state index in [4.69, 9.17) is 10.5 Å². The van der Waals surface area contributed by atoms with Crippen molar-refractivity contribution in [2.24, 2.45) is 11.1 Å². The Labute approximate surface area is 153 Å². The van der Waals surface area contributed by atoms with Crippen LogP contribution in [0.1, 0.15) is 52.9 Å². The van der Waals surface area contributed by atoms with Gasteiger partial charge in [-0.2, -0.15) is 0 Å². The van der Waals surface area contributed by atoms with E-state index in [9.17, 15) is 18.4 Å². The van der Waals surface area contributed by atoms with Crippen LogP contribution in [0, 0.1) is 5.41 Å². The average molecular weight is 373 g/mol. The summed E-state index contributed by atoms with van der Waals surface area (Å²) < 4.78 is 31.7. The number of halogens is 2. The van der Waals surface area contributed by atoms with Gasteiger partial charge in [0.1, 0.15) is 5.60 Å². The molecule has 1 saturated carbocycles. The Bertz CT molecular complexity index is 581. The number of hydrogen-bond acceptors (Lipinski definition) is 4. The van der Waals surface area contributed by atoms with Crippen molar-refractivity contribution in [1.82, 2.24) is 9.80 Å². The summed E-state index contributed by atoms with van der Waals surface area (Å²) >= 11 is 0. The second-order valence-electron chi connectivity index (χ2n) is 9.01. The highest BCUT2D eigenvalue weighted by atomic mass is 19.3. The van der Waals surface area contributed by atoms with E-state index in [0.717, 1.165) is 0 Å². The number of likely N-dealkylation sites (tertiary alicyclic amines) is 2. The predicted octanol–water partition coefficient (Wildman–Crippen LogP) is 2.36. The van der Waals surface area contributed by atoms with E-state index in [2.05, 4.69) is 0 Å². The fraction of sp³-hybridized carbons (Fsp3) is 0.889. The number of nitrogens with two attached hydrogens (primary N) is 1. The maximum Gasteiger partial charge on any atom is 0.410 e. The molecule has 3 aliphatic rings. The van der Waals surface area contributed by atoms with Crippen LogP contribution >= 0.6 is 0 Å². The number of fused-ring (bicyclic) bond motifs is 2. The van der Waals surface area contributed by atoms with Crippen molar-refractivity contribution in [2.75, 3.05) is 13.1 Å². The van der Waals surface area contributed by atoms with Crippen LogP contribution in [-0.4, -0.2) is 65.0 Å². The lowest BCUT2D eigenvalue weighted by Crippen LogP contribution is -2.55. The van der Waals surface area contributed by atoms with Crippen LogP contribution in [0.25, 0.3) is 0 Å². The molecule has 148 valence electrons. The maximum atomic E-state index is 13.1. The molecule has 2 bridgehead atoms. The van der Waals surface area contributed by atoms with Crippen LogP contribution < -0.4 is 5.73 Å². The summed E-state index contributed by atoms with van der Waals surface area (Å²) in [5.41, 5.74) is 4.31. The fourth-order valence-electron chi connectivity index (χ4n) is 4.69. The standard InChI is InChI=1S/C18H29F2N3O3/c1-17(2,3)26-16(25)23-10-12-6-13(23)9-22(12)15(24)18(8-14(19)20)5-4-11(21)7-18/h11-14H,4-10,21H2,1-3H3/t11-,12+,13+,18+/m1/s1. The van der Waals surface area contributed by atoms with Crippen LogP contribution in [0.15, 0.2) is 0 Å². The fourth-order valence-corrected chi connectivity index (χ4v) is 4.69. The highest BCUT2D eigenvalue weighted by molar-refractivity contribution is 5.84. The molecule has 0 spiro atoms. The Morgan fingerprint density at radius 2 is 1.85 bits per heavy atom. The van der Waals surface area contributed by atoms with Crippen molar-refractivity contribution in [2.45, 2.75) is 83.0 Å². The normalized spacial score (nSPS) is 34.0. The van der Waals surface area contributed by atoms with Crippen molar-refractivity contribution in [3.05, 3.63) is 0 Å². The molecule has 2 aliphatic heterocycles. The molecule has 4 atom stereocenters. The average Bonchev–Trinajstić information content (AvgIpc) is 3.18. The molecule has 0 aromatic carbocycles. The Hall–Kier alpha value is -1.44. The number of rotatable bonds is 3. The zero-order valence-corrected chi connectivity index (χ0v) is 15.7. The SMILES string of the molecule is CC(C)(C)OC(=O)N1C[C@@H]2C[C@H]1CN2C(=O)[C@@]1(CC(F)F)CC[C@@H](N)C1. The van der Waals surface area contributed by atoms with Crippen molar-refractivity contribution in [1.29, 1.82) is 0 Å². The molecule has 26 heavy (non-hydrogen) atoms. The number of amides is 2. The second-order valence-corrected chi connectivity index (χ2v) is 9.01. The molecule has 2 saturated heterocycles. The first-order chi connectivity index (χ1) is 12.0. The molecule has 0 radical (unpaired) electrons. The topological polar surface area (TPSA) is 75.9 Å². The van der Waals surface area contributed by atoms with Crippen LogP contribution in [0.5, 0.6) is 0 Å². The highest BCUT2D eigenvalue weighted by Gasteiger charge is 2.54. The van der Waals surface area contributed by atoms with Crippen LogP contribution in [0.4, 0.5) is 13.6 Å². The second kappa shape index (κ2) is 6.62. The van der Waals surface area contributed by atoms with Crippen LogP contribution in [-0.2, 0) is 9.53 Å². The van der Waals surface area contributed by atoms with Gasteiger partial charge >= 0.3 is 6.09 Å². The third-order valence-corrected chi connectivity index (χ3v) is 5.77. The molecule has 2 amide bonds. The van der Waals surface area contributed by atoms with E-state index in [1.165, 1.54) is 0 Å². The molecule has 3 fully saturated rings. The van der Waals surface area contributed by atoms with Gasteiger partial charge in [-0.1, -0.05) is 0 Å². The van der Waals surface area contributed by atoms with Crippen molar-refractivity contribution < 1.29 is 23.1 Å². The summed E-state index contributed by atoms with van der Waals surface area (Å²) in [4.78, 5) is 28.8. The molecular weight excluding hydrogens is 344 g/mol. The summed E-state index contributed by atoms with van der Waals surface area (Å²) in [5, 5.41) is 0. The molecule has 2 heterocycles. The van der Waals surface area contributed by atoms with Crippen molar-refractivity contribution in [3.63, 3.8) is 0 Å². The zero-order chi connectivity index (χ0) is 19.3. The summed E-state index contributed by atoms with van der Waals surface area (Å²) in [6.45, 7) is 6.23. The van der Waals surface area contributed by atoms with Gasteiger partial charge in [-0.05, 0) is 46.5 Å². The first kappa shape index (κ1) is 19.3. The van der Waals surface area contributed by atoms with Gasteiger partial charge in [-0.15, -0.1) is 0 Å². The molecule has 0 aromatic heterocycles. The molecular formula is C18H29F2N3O3. The number of ether oxygens (including phenoxy) is 1. The third-order valence-electron chi connectivity index (χ3n) is 5.77. The van der Waals surface area contributed by atoms with E-state index in [-0.39, 0.29) is 30.1 Å². The minimum atomic E-state index is -2.53. The monoisotopic (exact) mass is 373 g/mol. The van der Waals surface area contributed by atoms with Gasteiger partial charge in [-0.25, -0.2) is 13.6 Å². The zero-order valence-electron chi connectivity index (χ0n) is 15.7. The van der Waals surface area contributed by atoms with Gasteiger partial charge in [0.05, 0.1) is 17.5 Å². The number of piperazine rings is 1. The van der Waals surface area contributed by atoms with Gasteiger partial charge < -0.3 is 20.3 Å². The Kier molecular flexibility index (Phi) is 4.92. The van der Waals surface area contributed by atoms with Gasteiger partial charge in [0.15, 0.2) is 0 Å². The van der Waals surface area contributed by atoms with Crippen molar-refractivity contribution >= 4 is 12.0 Å². The Morgan fingerprint density at radius 1 is 1.23 bits per heavy atom. The minimum Gasteiger partial charge on any atom is -0.444 e. The van der Waals surface area contributed by atoms with E-state index in [1.807, 2.05) is 20.8 Å². The first-order valence-corrected chi connectivity index (χ1v) is 9.35. The molecule has 8 heteroatoms. The first-order valence-electron chi connectivity index (χ1n) is 9.35. The maximum absolute atomic E-state index is 13.1. The number of carbonyl (C=O) groups is 2. The number of nitrogens with zero attached hydrogens (tertiary/aromatic N) is 2. The van der Waals surface area contributed by atoms with E-state index in [0.29, 0.717) is 38.8 Å². The molecule has 2 N–H and O–H groups in total. The molecule has 1 aliphatic carbocycles. The molecule has 6 nitrogen and oxygen atoms in total. The van der Waals surface area contributed by atoms with Crippen LogP contribution in [0.2, 0.25) is 0 Å². The lowest BCUT2D eigenvalue weighted by molar-refractivity contribution is -0.147. The van der Waals surface area contributed by atoms with Crippen LogP contribution in [0.3, 0.4) is 0 Å². The molecule has 0 unspecified atom stereocenters. The predicted molar refractivity (Wildman–Crippen MR) is 91.7 cm³/mol. The highest BCUT2D eigenvalue weighted by Crippen LogP contribution is 2.46. The summed E-state index contributed by atoms with van der Waals surface area (Å²) in [6.07, 6.45) is -1.31.